The Morgan fingerprint density at radius 2 is 1.33 bits per heavy atom. The molecule has 30 heavy (non-hydrogen) atoms. The number of rotatable bonds is 7. The molecule has 0 aromatic heterocycles. The van der Waals surface area contributed by atoms with Gasteiger partial charge in [-0.3, -0.25) is 4.79 Å². The van der Waals surface area contributed by atoms with Gasteiger partial charge >= 0.3 is 0 Å². The molecule has 5 nitrogen and oxygen atoms in total. The summed E-state index contributed by atoms with van der Waals surface area (Å²) in [4.78, 5) is 14.5. The Morgan fingerprint density at radius 1 is 0.800 bits per heavy atom. The van der Waals surface area contributed by atoms with E-state index < -0.39 is 21.3 Å². The monoisotopic (exact) mass is 421 g/mol. The van der Waals surface area contributed by atoms with Gasteiger partial charge in [0.05, 0.1) is 17.9 Å². The standard InChI is InChI=1S/C24H23NO4S/c26-23-16-22(29-18-20-12-6-2-7-13-20)24(25(23)17-19-10-4-1-5-11-19)30(27,28)21-14-8-3-9-15-21/h1-15,22,24H,16-18H2/t22-,24?/m0/s1. The normalized spacial score (nSPS) is 19.2. The molecule has 0 spiro atoms. The highest BCUT2D eigenvalue weighted by Gasteiger charge is 2.48. The zero-order chi connectivity index (χ0) is 21.0. The third-order valence-electron chi connectivity index (χ3n) is 5.21. The molecule has 0 radical (unpaired) electrons. The predicted octanol–water partition coefficient (Wildman–Crippen LogP) is 3.80. The number of hydrogen-bond donors (Lipinski definition) is 0. The Morgan fingerprint density at radius 3 is 1.93 bits per heavy atom. The van der Waals surface area contributed by atoms with Gasteiger partial charge in [0.15, 0.2) is 5.37 Å². The van der Waals surface area contributed by atoms with Crippen molar-refractivity contribution in [1.29, 1.82) is 0 Å². The first-order valence-electron chi connectivity index (χ1n) is 9.83. The lowest BCUT2D eigenvalue weighted by molar-refractivity contribution is -0.128. The van der Waals surface area contributed by atoms with Crippen LogP contribution in [0.15, 0.2) is 95.9 Å². The second-order valence-electron chi connectivity index (χ2n) is 7.30. The Hall–Kier alpha value is -2.96. The minimum Gasteiger partial charge on any atom is -0.370 e. The number of carbonyl (C=O) groups is 1. The quantitative estimate of drug-likeness (QED) is 0.582. The van der Waals surface area contributed by atoms with Crippen LogP contribution in [0.5, 0.6) is 0 Å². The molecule has 3 aromatic rings. The minimum atomic E-state index is -3.81. The summed E-state index contributed by atoms with van der Waals surface area (Å²) in [6.45, 7) is 0.473. The molecule has 1 unspecified atom stereocenters. The summed E-state index contributed by atoms with van der Waals surface area (Å²) in [5, 5.41) is -1.07. The number of benzene rings is 3. The van der Waals surface area contributed by atoms with Gasteiger partial charge in [0, 0.05) is 6.54 Å². The second kappa shape index (κ2) is 8.81. The van der Waals surface area contributed by atoms with Crippen LogP contribution >= 0.6 is 0 Å². The van der Waals surface area contributed by atoms with Gasteiger partial charge in [-0.05, 0) is 23.3 Å². The van der Waals surface area contributed by atoms with E-state index in [9.17, 15) is 13.2 Å². The number of likely N-dealkylation sites (tertiary alicyclic amines) is 1. The summed E-state index contributed by atoms with van der Waals surface area (Å²) >= 11 is 0. The van der Waals surface area contributed by atoms with E-state index in [1.165, 1.54) is 4.90 Å². The lowest BCUT2D eigenvalue weighted by Crippen LogP contribution is -2.43. The van der Waals surface area contributed by atoms with Crippen molar-refractivity contribution in [3.05, 3.63) is 102 Å². The summed E-state index contributed by atoms with van der Waals surface area (Å²) in [7, 11) is -3.81. The molecule has 1 aliphatic rings. The highest BCUT2D eigenvalue weighted by Crippen LogP contribution is 2.32. The lowest BCUT2D eigenvalue weighted by Gasteiger charge is -2.28. The smallest absolute Gasteiger partial charge is 0.226 e. The van der Waals surface area contributed by atoms with Gasteiger partial charge in [0.25, 0.3) is 0 Å². The number of hydrogen-bond acceptors (Lipinski definition) is 4. The van der Waals surface area contributed by atoms with E-state index in [0.29, 0.717) is 0 Å². The average molecular weight is 422 g/mol. The molecule has 1 aliphatic heterocycles. The van der Waals surface area contributed by atoms with E-state index in [1.54, 1.807) is 30.3 Å². The zero-order valence-electron chi connectivity index (χ0n) is 16.4. The van der Waals surface area contributed by atoms with Crippen molar-refractivity contribution in [1.82, 2.24) is 4.90 Å². The third-order valence-corrected chi connectivity index (χ3v) is 7.34. The fourth-order valence-corrected chi connectivity index (χ4v) is 5.64. The van der Waals surface area contributed by atoms with E-state index in [1.807, 2.05) is 60.7 Å². The number of nitrogens with zero attached hydrogens (tertiary/aromatic N) is 1. The van der Waals surface area contributed by atoms with Crippen molar-refractivity contribution in [3.8, 4) is 0 Å². The molecule has 3 aromatic carbocycles. The first-order chi connectivity index (χ1) is 14.6. The number of carbonyl (C=O) groups excluding carboxylic acids is 1. The molecular weight excluding hydrogens is 398 g/mol. The molecule has 4 rings (SSSR count). The lowest BCUT2D eigenvalue weighted by atomic mass is 10.2. The van der Waals surface area contributed by atoms with Crippen molar-refractivity contribution in [2.75, 3.05) is 0 Å². The maximum absolute atomic E-state index is 13.5. The predicted molar refractivity (Wildman–Crippen MR) is 114 cm³/mol. The van der Waals surface area contributed by atoms with E-state index >= 15 is 0 Å². The van der Waals surface area contributed by atoms with Crippen LogP contribution in [0.4, 0.5) is 0 Å². The van der Waals surface area contributed by atoms with Gasteiger partial charge in [-0.25, -0.2) is 8.42 Å². The van der Waals surface area contributed by atoms with Crippen LogP contribution in [0.3, 0.4) is 0 Å². The second-order valence-corrected chi connectivity index (χ2v) is 9.34. The topological polar surface area (TPSA) is 63.7 Å². The molecule has 1 fully saturated rings. The van der Waals surface area contributed by atoms with Crippen LogP contribution in [0.1, 0.15) is 17.5 Å². The van der Waals surface area contributed by atoms with Crippen molar-refractivity contribution in [2.45, 2.75) is 35.9 Å². The molecular formula is C24H23NO4S. The van der Waals surface area contributed by atoms with Crippen LogP contribution in [0.25, 0.3) is 0 Å². The van der Waals surface area contributed by atoms with Gasteiger partial charge in [0.2, 0.25) is 15.7 Å². The molecule has 6 heteroatoms. The van der Waals surface area contributed by atoms with Crippen molar-refractivity contribution in [2.24, 2.45) is 0 Å². The molecule has 154 valence electrons. The Bertz CT molecular complexity index is 1090. The summed E-state index contributed by atoms with van der Waals surface area (Å²) in [6, 6.07) is 27.2. The summed E-state index contributed by atoms with van der Waals surface area (Å²) in [6.07, 6.45) is -0.706. The van der Waals surface area contributed by atoms with E-state index in [0.717, 1.165) is 11.1 Å². The van der Waals surface area contributed by atoms with Crippen LogP contribution in [0, 0.1) is 0 Å². The van der Waals surface area contributed by atoms with E-state index in [2.05, 4.69) is 0 Å². The number of amides is 1. The Labute approximate surface area is 176 Å². The molecule has 1 heterocycles. The maximum atomic E-state index is 13.5. The van der Waals surface area contributed by atoms with Gasteiger partial charge in [0.1, 0.15) is 6.10 Å². The number of sulfone groups is 1. The first kappa shape index (κ1) is 20.3. The minimum absolute atomic E-state index is 0.0381. The van der Waals surface area contributed by atoms with Gasteiger partial charge in [-0.15, -0.1) is 0 Å². The highest BCUT2D eigenvalue weighted by atomic mass is 32.2. The number of ether oxygens (including phenoxy) is 1. The van der Waals surface area contributed by atoms with Gasteiger partial charge < -0.3 is 9.64 Å². The highest BCUT2D eigenvalue weighted by molar-refractivity contribution is 7.92. The summed E-state index contributed by atoms with van der Waals surface area (Å²) in [5.74, 6) is -0.221. The molecule has 1 saturated heterocycles. The van der Waals surface area contributed by atoms with Crippen LogP contribution < -0.4 is 0 Å². The molecule has 0 saturated carbocycles. The van der Waals surface area contributed by atoms with Crippen LogP contribution in [-0.4, -0.2) is 30.7 Å². The fourth-order valence-electron chi connectivity index (χ4n) is 3.73. The SMILES string of the molecule is O=C1C[C@H](OCc2ccccc2)C(S(=O)(=O)c2ccccc2)N1Cc1ccccc1. The Balaban J connectivity index is 1.66. The van der Waals surface area contributed by atoms with Crippen LogP contribution in [-0.2, 0) is 32.5 Å². The van der Waals surface area contributed by atoms with Gasteiger partial charge in [-0.1, -0.05) is 78.9 Å². The molecule has 0 aliphatic carbocycles. The third kappa shape index (κ3) is 4.30. The van der Waals surface area contributed by atoms with Crippen molar-refractivity contribution in [3.63, 3.8) is 0 Å². The van der Waals surface area contributed by atoms with E-state index in [4.69, 9.17) is 4.74 Å². The van der Waals surface area contributed by atoms with E-state index in [-0.39, 0.29) is 30.4 Å². The first-order valence-corrected chi connectivity index (χ1v) is 11.4. The fraction of sp³-hybridized carbons (Fsp3) is 0.208. The maximum Gasteiger partial charge on any atom is 0.226 e. The summed E-state index contributed by atoms with van der Waals surface area (Å²) < 4.78 is 33.1. The zero-order valence-corrected chi connectivity index (χ0v) is 17.2. The average Bonchev–Trinajstić information content (AvgIpc) is 3.10. The molecule has 2 atom stereocenters. The Kier molecular flexibility index (Phi) is 5.97. The van der Waals surface area contributed by atoms with Crippen LogP contribution in [0.2, 0.25) is 0 Å². The van der Waals surface area contributed by atoms with Crippen molar-refractivity contribution >= 4 is 15.7 Å². The van der Waals surface area contributed by atoms with Crippen molar-refractivity contribution < 1.29 is 17.9 Å². The molecule has 1 amide bonds. The largest absolute Gasteiger partial charge is 0.370 e. The summed E-state index contributed by atoms with van der Waals surface area (Å²) in [5.41, 5.74) is 1.81. The molecule has 0 N–H and O–H groups in total. The molecule has 0 bridgehead atoms. The van der Waals surface area contributed by atoms with Gasteiger partial charge in [-0.2, -0.15) is 0 Å².